The van der Waals surface area contributed by atoms with Crippen LogP contribution in [0.15, 0.2) is 10.5 Å². The number of hydrogen-bond acceptors (Lipinski definition) is 4. The predicted octanol–water partition coefficient (Wildman–Crippen LogP) is 2.05. The van der Waals surface area contributed by atoms with Gasteiger partial charge in [-0.25, -0.2) is 0 Å². The largest absolute Gasteiger partial charge is 0.466 e. The molecule has 2 N–H and O–H groups in total. The third-order valence-corrected chi connectivity index (χ3v) is 5.00. The normalized spacial score (nSPS) is 26.7. The van der Waals surface area contributed by atoms with E-state index in [2.05, 4.69) is 10.9 Å². The Morgan fingerprint density at radius 1 is 1.13 bits per heavy atom. The molecule has 2 saturated carbocycles. The molecule has 6 nitrogen and oxygen atoms in total. The van der Waals surface area contributed by atoms with E-state index in [0.29, 0.717) is 35.7 Å². The van der Waals surface area contributed by atoms with E-state index in [-0.39, 0.29) is 29.6 Å². The molecule has 0 aromatic carbocycles. The van der Waals surface area contributed by atoms with E-state index in [0.717, 1.165) is 19.3 Å². The Bertz CT molecular complexity index is 633. The standard InChI is InChI=1S/C17H22N2O4/c1-9-6-14(10(2)23-9)17(22)19-18-16(21)13-7-11-4-3-5-12(8-13)15(11)20/h6,11-13H,3-5,7-8H2,1-2H3,(H,18,21)(H,19,22). The molecule has 1 aromatic rings. The van der Waals surface area contributed by atoms with E-state index < -0.39 is 0 Å². The first-order valence-electron chi connectivity index (χ1n) is 8.16. The summed E-state index contributed by atoms with van der Waals surface area (Å²) in [7, 11) is 0. The molecule has 0 saturated heterocycles. The van der Waals surface area contributed by atoms with Crippen LogP contribution in [-0.2, 0) is 9.59 Å². The maximum absolute atomic E-state index is 12.3. The van der Waals surface area contributed by atoms with Crippen molar-refractivity contribution in [1.29, 1.82) is 0 Å². The van der Waals surface area contributed by atoms with Crippen molar-refractivity contribution >= 4 is 17.6 Å². The van der Waals surface area contributed by atoms with Crippen LogP contribution in [0, 0.1) is 31.6 Å². The van der Waals surface area contributed by atoms with Crippen LogP contribution in [0.25, 0.3) is 0 Å². The second-order valence-corrected chi connectivity index (χ2v) is 6.67. The first-order chi connectivity index (χ1) is 11.0. The molecule has 3 rings (SSSR count). The van der Waals surface area contributed by atoms with Crippen LogP contribution in [0.4, 0.5) is 0 Å². The second-order valence-electron chi connectivity index (χ2n) is 6.67. The summed E-state index contributed by atoms with van der Waals surface area (Å²) < 4.78 is 5.31. The maximum atomic E-state index is 12.3. The Hall–Kier alpha value is -2.11. The number of amides is 2. The number of aryl methyl sites for hydroxylation is 2. The first kappa shape index (κ1) is 15.8. The summed E-state index contributed by atoms with van der Waals surface area (Å²) in [6.07, 6.45) is 4.05. The summed E-state index contributed by atoms with van der Waals surface area (Å²) >= 11 is 0. The van der Waals surface area contributed by atoms with Gasteiger partial charge in [0.1, 0.15) is 17.3 Å². The van der Waals surface area contributed by atoms with Gasteiger partial charge in [0.2, 0.25) is 5.91 Å². The predicted molar refractivity (Wildman–Crippen MR) is 82.4 cm³/mol. The highest BCUT2D eigenvalue weighted by molar-refractivity contribution is 5.96. The van der Waals surface area contributed by atoms with E-state index in [4.69, 9.17) is 4.42 Å². The SMILES string of the molecule is Cc1cc(C(=O)NNC(=O)C2CC3CCCC(C2)C3=O)c(C)o1. The van der Waals surface area contributed by atoms with Gasteiger partial charge in [-0.1, -0.05) is 6.42 Å². The molecular formula is C17H22N2O4. The van der Waals surface area contributed by atoms with E-state index in [9.17, 15) is 14.4 Å². The van der Waals surface area contributed by atoms with Gasteiger partial charge in [-0.05, 0) is 45.6 Å². The van der Waals surface area contributed by atoms with Crippen molar-refractivity contribution in [2.24, 2.45) is 17.8 Å². The molecular weight excluding hydrogens is 296 g/mol. The highest BCUT2D eigenvalue weighted by atomic mass is 16.3. The Kier molecular flexibility index (Phi) is 4.24. The van der Waals surface area contributed by atoms with Crippen molar-refractivity contribution in [3.8, 4) is 0 Å². The molecule has 0 radical (unpaired) electrons. The summed E-state index contributed by atoms with van der Waals surface area (Å²) in [5.74, 6) is 0.745. The van der Waals surface area contributed by atoms with Crippen molar-refractivity contribution in [1.82, 2.24) is 10.9 Å². The van der Waals surface area contributed by atoms with Gasteiger partial charge in [0.25, 0.3) is 5.91 Å². The average molecular weight is 318 g/mol. The number of ketones is 1. The highest BCUT2D eigenvalue weighted by Crippen LogP contribution is 2.40. The van der Waals surface area contributed by atoms with Crippen molar-refractivity contribution in [2.45, 2.75) is 46.0 Å². The number of furan rings is 1. The number of carbonyl (C=O) groups is 3. The molecule has 2 unspecified atom stereocenters. The van der Waals surface area contributed by atoms with Gasteiger partial charge >= 0.3 is 0 Å². The van der Waals surface area contributed by atoms with E-state index >= 15 is 0 Å². The minimum atomic E-state index is -0.389. The molecule has 2 aliphatic carbocycles. The smallest absolute Gasteiger partial charge is 0.273 e. The third kappa shape index (κ3) is 3.16. The summed E-state index contributed by atoms with van der Waals surface area (Å²) in [6, 6.07) is 1.64. The van der Waals surface area contributed by atoms with Crippen LogP contribution < -0.4 is 10.9 Å². The van der Waals surface area contributed by atoms with Gasteiger partial charge in [-0.15, -0.1) is 0 Å². The quantitative estimate of drug-likeness (QED) is 0.817. The fourth-order valence-corrected chi connectivity index (χ4v) is 3.84. The van der Waals surface area contributed by atoms with E-state index in [1.807, 2.05) is 0 Å². The Balaban J connectivity index is 1.56. The average Bonchev–Trinajstić information content (AvgIpc) is 2.83. The van der Waals surface area contributed by atoms with Gasteiger partial charge in [0.15, 0.2) is 0 Å². The fraction of sp³-hybridized carbons (Fsp3) is 0.588. The van der Waals surface area contributed by atoms with E-state index in [1.165, 1.54) is 0 Å². The van der Waals surface area contributed by atoms with Crippen LogP contribution >= 0.6 is 0 Å². The zero-order valence-corrected chi connectivity index (χ0v) is 13.5. The third-order valence-electron chi connectivity index (χ3n) is 5.00. The minimum absolute atomic E-state index is 0.0210. The van der Waals surface area contributed by atoms with Crippen LogP contribution in [0.2, 0.25) is 0 Å². The van der Waals surface area contributed by atoms with Gasteiger partial charge in [-0.2, -0.15) is 0 Å². The lowest BCUT2D eigenvalue weighted by atomic mass is 9.67. The number of hydrazine groups is 1. The molecule has 124 valence electrons. The lowest BCUT2D eigenvalue weighted by Gasteiger charge is -2.36. The second kappa shape index (κ2) is 6.18. The number of nitrogens with one attached hydrogen (secondary N) is 2. The number of fused-ring (bicyclic) bond motifs is 2. The minimum Gasteiger partial charge on any atom is -0.466 e. The Morgan fingerprint density at radius 3 is 2.35 bits per heavy atom. The van der Waals surface area contributed by atoms with Crippen LogP contribution in [-0.4, -0.2) is 17.6 Å². The van der Waals surface area contributed by atoms with Gasteiger partial charge in [0, 0.05) is 17.8 Å². The van der Waals surface area contributed by atoms with Crippen LogP contribution in [0.3, 0.4) is 0 Å². The molecule has 1 heterocycles. The molecule has 23 heavy (non-hydrogen) atoms. The monoisotopic (exact) mass is 318 g/mol. The molecule has 2 aliphatic rings. The summed E-state index contributed by atoms with van der Waals surface area (Å²) in [5.41, 5.74) is 5.36. The first-order valence-corrected chi connectivity index (χ1v) is 8.16. The molecule has 1 aromatic heterocycles. The Morgan fingerprint density at radius 2 is 1.78 bits per heavy atom. The maximum Gasteiger partial charge on any atom is 0.273 e. The van der Waals surface area contributed by atoms with Crippen molar-refractivity contribution in [3.63, 3.8) is 0 Å². The lowest BCUT2D eigenvalue weighted by Crippen LogP contribution is -2.48. The molecule has 2 bridgehead atoms. The molecule has 0 aliphatic heterocycles. The number of carbonyl (C=O) groups excluding carboxylic acids is 3. The van der Waals surface area contributed by atoms with Crippen molar-refractivity contribution in [3.05, 3.63) is 23.2 Å². The molecule has 6 heteroatoms. The van der Waals surface area contributed by atoms with Crippen LogP contribution in [0.5, 0.6) is 0 Å². The van der Waals surface area contributed by atoms with Crippen molar-refractivity contribution in [2.75, 3.05) is 0 Å². The summed E-state index contributed by atoms with van der Waals surface area (Å²) in [5, 5.41) is 0. The number of rotatable bonds is 2. The van der Waals surface area contributed by atoms with Crippen LogP contribution in [0.1, 0.15) is 54.0 Å². The fourth-order valence-electron chi connectivity index (χ4n) is 3.84. The molecule has 0 spiro atoms. The Labute approximate surface area is 135 Å². The summed E-state index contributed by atoms with van der Waals surface area (Å²) in [6.45, 7) is 3.47. The topological polar surface area (TPSA) is 88.4 Å². The van der Waals surface area contributed by atoms with Gasteiger partial charge in [-0.3, -0.25) is 25.2 Å². The number of Topliss-reactive ketones (excluding diaryl/α,β-unsaturated/α-hetero) is 1. The van der Waals surface area contributed by atoms with Gasteiger partial charge < -0.3 is 4.42 Å². The van der Waals surface area contributed by atoms with E-state index in [1.54, 1.807) is 19.9 Å². The van der Waals surface area contributed by atoms with Crippen molar-refractivity contribution < 1.29 is 18.8 Å². The zero-order valence-electron chi connectivity index (χ0n) is 13.5. The number of hydrogen-bond donors (Lipinski definition) is 2. The molecule has 2 amide bonds. The lowest BCUT2D eigenvalue weighted by molar-refractivity contribution is -0.138. The molecule has 2 fully saturated rings. The van der Waals surface area contributed by atoms with Gasteiger partial charge in [0.05, 0.1) is 5.56 Å². The zero-order chi connectivity index (χ0) is 16.6. The highest BCUT2D eigenvalue weighted by Gasteiger charge is 2.41. The molecule has 2 atom stereocenters. The summed E-state index contributed by atoms with van der Waals surface area (Å²) in [4.78, 5) is 36.4.